The Morgan fingerprint density at radius 3 is 2.64 bits per heavy atom. The van der Waals surface area contributed by atoms with Gasteiger partial charge < -0.3 is 0 Å². The number of alkyl halides is 3. The number of ketones is 1. The van der Waals surface area contributed by atoms with Crippen LogP contribution in [-0.2, 0) is 22.8 Å². The summed E-state index contributed by atoms with van der Waals surface area (Å²) in [4.78, 5) is 18.7. The van der Waals surface area contributed by atoms with E-state index < -0.39 is 17.2 Å². The topological polar surface area (TPSA) is 30.0 Å². The molecule has 0 N–H and O–H groups in total. The number of nitrogens with zero attached hydrogens (tertiary/aromatic N) is 1. The lowest BCUT2D eigenvalue weighted by Gasteiger charge is -2.44. The normalized spacial score (nSPS) is 24.1. The molecule has 2 aromatic rings. The van der Waals surface area contributed by atoms with E-state index in [1.54, 1.807) is 11.6 Å². The van der Waals surface area contributed by atoms with Crippen LogP contribution in [-0.4, -0.2) is 10.8 Å². The van der Waals surface area contributed by atoms with Crippen LogP contribution in [0.15, 0.2) is 40.9 Å². The van der Waals surface area contributed by atoms with Crippen LogP contribution in [0, 0.1) is 5.41 Å². The van der Waals surface area contributed by atoms with Crippen LogP contribution in [0.2, 0.25) is 0 Å². The number of rotatable bonds is 2. The second-order valence-electron chi connectivity index (χ2n) is 8.56. The fourth-order valence-electron chi connectivity index (χ4n) is 4.98. The molecule has 2 aliphatic rings. The number of hydrogen-bond acceptors (Lipinski definition) is 3. The third-order valence-corrected chi connectivity index (χ3v) is 7.04. The standard InChI is InChI=1S/C22H22F3NOS/c1-4-21(14-6-5-7-15(9-14)22(23,24)25)18-13(8-16-19(21)28-12-26-16)10-20(2,3)11-17(18)27/h5-7,9,12H,4,8,10-11H2,1-3H3. The van der Waals surface area contributed by atoms with E-state index in [0.717, 1.165) is 28.6 Å². The van der Waals surface area contributed by atoms with E-state index in [1.165, 1.54) is 23.5 Å². The van der Waals surface area contributed by atoms with Crippen molar-refractivity contribution < 1.29 is 18.0 Å². The quantitative estimate of drug-likeness (QED) is 0.604. The van der Waals surface area contributed by atoms with E-state index in [-0.39, 0.29) is 11.2 Å². The van der Waals surface area contributed by atoms with Crippen molar-refractivity contribution in [1.29, 1.82) is 0 Å². The Morgan fingerprint density at radius 2 is 1.96 bits per heavy atom. The van der Waals surface area contributed by atoms with Crippen molar-refractivity contribution in [3.05, 3.63) is 62.6 Å². The van der Waals surface area contributed by atoms with Gasteiger partial charge in [0, 0.05) is 23.3 Å². The zero-order chi connectivity index (χ0) is 20.3. The van der Waals surface area contributed by atoms with Crippen molar-refractivity contribution in [1.82, 2.24) is 4.98 Å². The summed E-state index contributed by atoms with van der Waals surface area (Å²) in [5.74, 6) is 0.0598. The third kappa shape index (κ3) is 2.84. The Bertz CT molecular complexity index is 986. The maximum absolute atomic E-state index is 13.4. The molecule has 1 heterocycles. The number of carbonyl (C=O) groups is 1. The molecule has 0 saturated carbocycles. The minimum Gasteiger partial charge on any atom is -0.294 e. The van der Waals surface area contributed by atoms with Gasteiger partial charge in [-0.2, -0.15) is 13.2 Å². The van der Waals surface area contributed by atoms with Gasteiger partial charge in [-0.3, -0.25) is 4.79 Å². The van der Waals surface area contributed by atoms with E-state index in [2.05, 4.69) is 18.8 Å². The van der Waals surface area contributed by atoms with E-state index in [1.807, 2.05) is 6.92 Å². The highest BCUT2D eigenvalue weighted by molar-refractivity contribution is 7.10. The van der Waals surface area contributed by atoms with Crippen LogP contribution in [0.5, 0.6) is 0 Å². The second kappa shape index (κ2) is 6.28. The highest BCUT2D eigenvalue weighted by atomic mass is 32.1. The van der Waals surface area contributed by atoms with Crippen molar-refractivity contribution in [3.8, 4) is 0 Å². The molecule has 2 aliphatic carbocycles. The average molecular weight is 405 g/mol. The van der Waals surface area contributed by atoms with Crippen molar-refractivity contribution in [2.75, 3.05) is 0 Å². The zero-order valence-corrected chi connectivity index (χ0v) is 16.9. The van der Waals surface area contributed by atoms with Gasteiger partial charge in [0.2, 0.25) is 0 Å². The molecule has 0 amide bonds. The highest BCUT2D eigenvalue weighted by Gasteiger charge is 2.50. The van der Waals surface area contributed by atoms with Gasteiger partial charge in [-0.25, -0.2) is 4.98 Å². The summed E-state index contributed by atoms with van der Waals surface area (Å²) in [6.07, 6.45) is -2.10. The van der Waals surface area contributed by atoms with Gasteiger partial charge in [0.1, 0.15) is 0 Å². The van der Waals surface area contributed by atoms with Gasteiger partial charge in [-0.15, -0.1) is 11.3 Å². The summed E-state index contributed by atoms with van der Waals surface area (Å²) in [7, 11) is 0. The van der Waals surface area contributed by atoms with E-state index >= 15 is 0 Å². The van der Waals surface area contributed by atoms with Crippen LogP contribution in [0.25, 0.3) is 0 Å². The lowest BCUT2D eigenvalue weighted by atomic mass is 9.58. The third-order valence-electron chi connectivity index (χ3n) is 6.01. The minimum atomic E-state index is -4.42. The molecule has 6 heteroatoms. The first kappa shape index (κ1) is 19.4. The van der Waals surface area contributed by atoms with Gasteiger partial charge in [-0.05, 0) is 29.9 Å². The molecule has 1 aromatic carbocycles. The molecule has 0 spiro atoms. The molecule has 4 rings (SSSR count). The molecule has 0 aliphatic heterocycles. The van der Waals surface area contributed by atoms with Gasteiger partial charge in [-0.1, -0.05) is 44.5 Å². The number of aromatic nitrogens is 1. The van der Waals surface area contributed by atoms with Crippen LogP contribution < -0.4 is 0 Å². The van der Waals surface area contributed by atoms with Crippen LogP contribution >= 0.6 is 11.3 Å². The zero-order valence-electron chi connectivity index (χ0n) is 16.1. The van der Waals surface area contributed by atoms with Gasteiger partial charge in [0.25, 0.3) is 0 Å². The molecule has 0 saturated heterocycles. The number of Topliss-reactive ketones (excluding diaryl/α,β-unsaturated/α-hetero) is 1. The largest absolute Gasteiger partial charge is 0.416 e. The number of fused-ring (bicyclic) bond motifs is 1. The van der Waals surface area contributed by atoms with Crippen molar-refractivity contribution in [3.63, 3.8) is 0 Å². The summed E-state index contributed by atoms with van der Waals surface area (Å²) >= 11 is 1.44. The maximum Gasteiger partial charge on any atom is 0.416 e. The maximum atomic E-state index is 13.4. The highest BCUT2D eigenvalue weighted by Crippen LogP contribution is 2.55. The lowest BCUT2D eigenvalue weighted by Crippen LogP contribution is -2.42. The molecule has 1 aromatic heterocycles. The smallest absolute Gasteiger partial charge is 0.294 e. The monoisotopic (exact) mass is 405 g/mol. The molecule has 0 fully saturated rings. The fraction of sp³-hybridized carbons (Fsp3) is 0.455. The molecule has 1 unspecified atom stereocenters. The molecule has 0 radical (unpaired) electrons. The van der Waals surface area contributed by atoms with Crippen LogP contribution in [0.3, 0.4) is 0 Å². The summed E-state index contributed by atoms with van der Waals surface area (Å²) in [5.41, 5.74) is 3.26. The molecule has 2 nitrogen and oxygen atoms in total. The molecular weight excluding hydrogens is 383 g/mol. The number of allylic oxidation sites excluding steroid dienone is 2. The number of benzene rings is 1. The van der Waals surface area contributed by atoms with Crippen molar-refractivity contribution in [2.45, 2.75) is 58.0 Å². The summed E-state index contributed by atoms with van der Waals surface area (Å²) in [6.45, 7) is 6.10. The van der Waals surface area contributed by atoms with Crippen LogP contribution in [0.4, 0.5) is 13.2 Å². The van der Waals surface area contributed by atoms with E-state index in [9.17, 15) is 18.0 Å². The molecule has 1 atom stereocenters. The Morgan fingerprint density at radius 1 is 1.21 bits per heavy atom. The lowest BCUT2D eigenvalue weighted by molar-refractivity contribution is -0.137. The van der Waals surface area contributed by atoms with E-state index in [4.69, 9.17) is 0 Å². The summed E-state index contributed by atoms with van der Waals surface area (Å²) < 4.78 is 40.3. The first-order valence-electron chi connectivity index (χ1n) is 9.45. The van der Waals surface area contributed by atoms with Gasteiger partial charge >= 0.3 is 6.18 Å². The molecular formula is C22H22F3NOS. The number of thiazole rings is 1. The van der Waals surface area contributed by atoms with Crippen molar-refractivity contribution >= 4 is 17.1 Å². The Kier molecular flexibility index (Phi) is 4.34. The predicted octanol–water partition coefficient (Wildman–Crippen LogP) is 6.10. The van der Waals surface area contributed by atoms with Crippen LogP contribution in [0.1, 0.15) is 61.7 Å². The predicted molar refractivity (Wildman–Crippen MR) is 103 cm³/mol. The first-order valence-corrected chi connectivity index (χ1v) is 10.3. The van der Waals surface area contributed by atoms with Gasteiger partial charge in [0.15, 0.2) is 5.78 Å². The number of carbonyl (C=O) groups excluding carboxylic acids is 1. The average Bonchev–Trinajstić information content (AvgIpc) is 3.06. The summed E-state index contributed by atoms with van der Waals surface area (Å²) in [5, 5.41) is 0. The summed E-state index contributed by atoms with van der Waals surface area (Å²) in [6, 6.07) is 5.48. The number of halogens is 3. The SMILES string of the molecule is CCC1(c2cccc(C(F)(F)F)c2)C2=C(Cc3ncsc31)CC(C)(C)CC2=O. The van der Waals surface area contributed by atoms with Gasteiger partial charge in [0.05, 0.1) is 22.2 Å². The molecule has 148 valence electrons. The Labute approximate surface area is 166 Å². The molecule has 28 heavy (non-hydrogen) atoms. The molecule has 0 bridgehead atoms. The second-order valence-corrected chi connectivity index (χ2v) is 9.42. The fourth-order valence-corrected chi connectivity index (χ4v) is 6.09. The number of hydrogen-bond donors (Lipinski definition) is 0. The Hall–Kier alpha value is -1.95. The van der Waals surface area contributed by atoms with Crippen molar-refractivity contribution in [2.24, 2.45) is 5.41 Å². The Balaban J connectivity index is 2.01. The van der Waals surface area contributed by atoms with E-state index in [0.29, 0.717) is 30.4 Å². The first-order chi connectivity index (χ1) is 13.1. The minimum absolute atomic E-state index is 0.0598.